The Bertz CT molecular complexity index is 528. The molecule has 114 valence electrons. The summed E-state index contributed by atoms with van der Waals surface area (Å²) in [7, 11) is 0. The van der Waals surface area contributed by atoms with Crippen molar-refractivity contribution in [1.82, 2.24) is 10.6 Å². The van der Waals surface area contributed by atoms with Crippen molar-refractivity contribution in [1.29, 1.82) is 0 Å². The zero-order valence-electron chi connectivity index (χ0n) is 11.7. The fourth-order valence-electron chi connectivity index (χ4n) is 1.60. The van der Waals surface area contributed by atoms with Crippen LogP contribution >= 0.6 is 11.6 Å². The van der Waals surface area contributed by atoms with Crippen molar-refractivity contribution in [3.8, 4) is 0 Å². The normalized spacial score (nSPS) is 11.8. The number of aliphatic carboxylic acids is 1. The topological polar surface area (TPSA) is 95.5 Å². The van der Waals surface area contributed by atoms with Gasteiger partial charge in [-0.15, -0.1) is 0 Å². The van der Waals surface area contributed by atoms with Gasteiger partial charge in [-0.1, -0.05) is 25.4 Å². The summed E-state index contributed by atoms with van der Waals surface area (Å²) in [5.41, 5.74) is 0.367. The van der Waals surface area contributed by atoms with Gasteiger partial charge < -0.3 is 15.7 Å². The van der Waals surface area contributed by atoms with Crippen molar-refractivity contribution in [3.05, 3.63) is 34.9 Å². The Morgan fingerprint density at radius 1 is 1.19 bits per heavy atom. The number of halogens is 1. The number of rotatable bonds is 6. The molecule has 0 aromatic heterocycles. The molecule has 3 N–H and O–H groups in total. The molecule has 0 saturated heterocycles. The second-order valence-electron chi connectivity index (χ2n) is 4.82. The maximum atomic E-state index is 11.8. The summed E-state index contributed by atoms with van der Waals surface area (Å²) in [6, 6.07) is 5.21. The fourth-order valence-corrected chi connectivity index (χ4v) is 1.73. The first-order chi connectivity index (χ1) is 9.81. The standard InChI is InChI=1S/C14H17ClN2O4/c1-8(2)12(14(20)21)17-11(18)7-16-13(19)9-3-5-10(15)6-4-9/h3-6,8,12H,7H2,1-2H3,(H,16,19)(H,17,18)(H,20,21). The van der Waals surface area contributed by atoms with Gasteiger partial charge in [-0.25, -0.2) is 4.79 Å². The quantitative estimate of drug-likeness (QED) is 0.737. The van der Waals surface area contributed by atoms with E-state index in [0.29, 0.717) is 10.6 Å². The Balaban J connectivity index is 2.51. The van der Waals surface area contributed by atoms with Crippen LogP contribution < -0.4 is 10.6 Å². The number of benzene rings is 1. The van der Waals surface area contributed by atoms with Gasteiger partial charge in [-0.2, -0.15) is 0 Å². The maximum Gasteiger partial charge on any atom is 0.326 e. The van der Waals surface area contributed by atoms with E-state index in [4.69, 9.17) is 16.7 Å². The number of carboxylic acid groups (broad SMARTS) is 1. The van der Waals surface area contributed by atoms with Gasteiger partial charge in [0.1, 0.15) is 6.04 Å². The molecule has 6 nitrogen and oxygen atoms in total. The van der Waals surface area contributed by atoms with Gasteiger partial charge in [0, 0.05) is 10.6 Å². The second kappa shape index (κ2) is 7.64. The Morgan fingerprint density at radius 2 is 1.76 bits per heavy atom. The highest BCUT2D eigenvalue weighted by Gasteiger charge is 2.23. The van der Waals surface area contributed by atoms with Crippen LogP contribution in [-0.2, 0) is 9.59 Å². The number of carbonyl (C=O) groups excluding carboxylic acids is 2. The Kier molecular flexibility index (Phi) is 6.17. The van der Waals surface area contributed by atoms with Crippen LogP contribution in [-0.4, -0.2) is 35.5 Å². The summed E-state index contributed by atoms with van der Waals surface area (Å²) in [4.78, 5) is 34.4. The van der Waals surface area contributed by atoms with Crippen LogP contribution in [0.3, 0.4) is 0 Å². The van der Waals surface area contributed by atoms with Crippen LogP contribution in [0.25, 0.3) is 0 Å². The first-order valence-corrected chi connectivity index (χ1v) is 6.75. The lowest BCUT2D eigenvalue weighted by molar-refractivity contribution is -0.142. The monoisotopic (exact) mass is 312 g/mol. The molecule has 0 saturated carbocycles. The molecule has 21 heavy (non-hydrogen) atoms. The molecular weight excluding hydrogens is 296 g/mol. The highest BCUT2D eigenvalue weighted by molar-refractivity contribution is 6.30. The van der Waals surface area contributed by atoms with E-state index in [2.05, 4.69) is 10.6 Å². The molecule has 2 amide bonds. The number of nitrogens with one attached hydrogen (secondary N) is 2. The molecule has 0 aliphatic heterocycles. The predicted octanol–water partition coefficient (Wildman–Crippen LogP) is 1.30. The van der Waals surface area contributed by atoms with Gasteiger partial charge in [-0.3, -0.25) is 9.59 Å². The molecule has 1 rings (SSSR count). The summed E-state index contributed by atoms with van der Waals surface area (Å²) in [5.74, 6) is -2.35. The van der Waals surface area contributed by atoms with Gasteiger partial charge in [0.2, 0.25) is 5.91 Å². The molecule has 7 heteroatoms. The molecule has 0 aliphatic carbocycles. The van der Waals surface area contributed by atoms with Crippen LogP contribution in [0.15, 0.2) is 24.3 Å². The molecule has 0 aliphatic rings. The lowest BCUT2D eigenvalue weighted by atomic mass is 10.1. The summed E-state index contributed by atoms with van der Waals surface area (Å²) in [5, 5.41) is 14.2. The number of carbonyl (C=O) groups is 3. The number of amides is 2. The van der Waals surface area contributed by atoms with E-state index in [1.165, 1.54) is 12.1 Å². The maximum absolute atomic E-state index is 11.8. The van der Waals surface area contributed by atoms with Crippen LogP contribution in [0.1, 0.15) is 24.2 Å². The first-order valence-electron chi connectivity index (χ1n) is 6.37. The fraction of sp³-hybridized carbons (Fsp3) is 0.357. The van der Waals surface area contributed by atoms with Crippen LogP contribution in [0, 0.1) is 5.92 Å². The lowest BCUT2D eigenvalue weighted by Crippen LogP contribution is -2.48. The molecule has 0 radical (unpaired) electrons. The van der Waals surface area contributed by atoms with Gasteiger partial charge in [0.15, 0.2) is 0 Å². The Hall–Kier alpha value is -2.08. The molecule has 0 fully saturated rings. The average Bonchev–Trinajstić information content (AvgIpc) is 2.42. The molecule has 0 heterocycles. The van der Waals surface area contributed by atoms with Crippen molar-refractivity contribution in [2.24, 2.45) is 5.92 Å². The van der Waals surface area contributed by atoms with Gasteiger partial charge in [0.05, 0.1) is 6.54 Å². The van der Waals surface area contributed by atoms with E-state index >= 15 is 0 Å². The third-order valence-electron chi connectivity index (χ3n) is 2.77. The molecule has 1 aromatic rings. The zero-order chi connectivity index (χ0) is 16.0. The van der Waals surface area contributed by atoms with Gasteiger partial charge in [0.25, 0.3) is 5.91 Å². The summed E-state index contributed by atoms with van der Waals surface area (Å²) in [6.07, 6.45) is 0. The van der Waals surface area contributed by atoms with E-state index in [9.17, 15) is 14.4 Å². The zero-order valence-corrected chi connectivity index (χ0v) is 12.5. The van der Waals surface area contributed by atoms with Crippen LogP contribution in [0.2, 0.25) is 5.02 Å². The smallest absolute Gasteiger partial charge is 0.326 e. The lowest BCUT2D eigenvalue weighted by Gasteiger charge is -2.17. The predicted molar refractivity (Wildman–Crippen MR) is 78.2 cm³/mol. The van der Waals surface area contributed by atoms with Gasteiger partial charge in [-0.05, 0) is 30.2 Å². The van der Waals surface area contributed by atoms with Crippen molar-refractivity contribution in [3.63, 3.8) is 0 Å². The SMILES string of the molecule is CC(C)C(NC(=O)CNC(=O)c1ccc(Cl)cc1)C(=O)O. The van der Waals surface area contributed by atoms with Crippen molar-refractivity contribution < 1.29 is 19.5 Å². The summed E-state index contributed by atoms with van der Waals surface area (Å²) >= 11 is 5.71. The molecule has 1 atom stereocenters. The molecule has 0 bridgehead atoms. The minimum atomic E-state index is -1.11. The number of carboxylic acids is 1. The number of hydrogen-bond donors (Lipinski definition) is 3. The highest BCUT2D eigenvalue weighted by Crippen LogP contribution is 2.09. The third-order valence-corrected chi connectivity index (χ3v) is 3.02. The van der Waals surface area contributed by atoms with E-state index < -0.39 is 23.8 Å². The summed E-state index contributed by atoms with van der Waals surface area (Å²) in [6.45, 7) is 3.08. The summed E-state index contributed by atoms with van der Waals surface area (Å²) < 4.78 is 0. The minimum absolute atomic E-state index is 0.251. The Labute approximate surface area is 127 Å². The average molecular weight is 313 g/mol. The van der Waals surface area contributed by atoms with Crippen LogP contribution in [0.4, 0.5) is 0 Å². The first kappa shape index (κ1) is 17.0. The van der Waals surface area contributed by atoms with E-state index in [0.717, 1.165) is 0 Å². The molecule has 0 spiro atoms. The molecule has 1 aromatic carbocycles. The molecular formula is C14H17ClN2O4. The van der Waals surface area contributed by atoms with E-state index in [1.54, 1.807) is 26.0 Å². The van der Waals surface area contributed by atoms with Crippen LogP contribution in [0.5, 0.6) is 0 Å². The van der Waals surface area contributed by atoms with E-state index in [-0.39, 0.29) is 12.5 Å². The number of hydrogen-bond acceptors (Lipinski definition) is 3. The van der Waals surface area contributed by atoms with Crippen molar-refractivity contribution in [2.45, 2.75) is 19.9 Å². The second-order valence-corrected chi connectivity index (χ2v) is 5.25. The highest BCUT2D eigenvalue weighted by atomic mass is 35.5. The van der Waals surface area contributed by atoms with Crippen molar-refractivity contribution >= 4 is 29.4 Å². The van der Waals surface area contributed by atoms with Crippen molar-refractivity contribution in [2.75, 3.05) is 6.54 Å². The Morgan fingerprint density at radius 3 is 2.24 bits per heavy atom. The van der Waals surface area contributed by atoms with E-state index in [1.807, 2.05) is 0 Å². The molecule has 1 unspecified atom stereocenters. The largest absolute Gasteiger partial charge is 0.480 e. The minimum Gasteiger partial charge on any atom is -0.480 e. The van der Waals surface area contributed by atoms with Gasteiger partial charge >= 0.3 is 5.97 Å². The third kappa shape index (κ3) is 5.43.